The molecule has 0 saturated heterocycles. The summed E-state index contributed by atoms with van der Waals surface area (Å²) in [4.78, 5) is 18.9. The second-order valence-corrected chi connectivity index (χ2v) is 7.70. The number of nitrogens with zero attached hydrogens (tertiary/aromatic N) is 3. The molecule has 164 valence electrons. The molecule has 31 heavy (non-hydrogen) atoms. The van der Waals surface area contributed by atoms with Crippen molar-refractivity contribution < 1.29 is 23.4 Å². The molecule has 0 fully saturated rings. The van der Waals surface area contributed by atoms with E-state index in [4.69, 9.17) is 9.84 Å². The number of aromatic nitrogens is 2. The van der Waals surface area contributed by atoms with Crippen molar-refractivity contribution in [1.29, 1.82) is 0 Å². The number of halogens is 2. The smallest absolute Gasteiger partial charge is 0.255 e. The number of rotatable bonds is 5. The van der Waals surface area contributed by atoms with Gasteiger partial charge in [0.25, 0.3) is 5.91 Å². The lowest BCUT2D eigenvalue weighted by Crippen LogP contribution is -2.30. The molecule has 3 heterocycles. The fourth-order valence-electron chi connectivity index (χ4n) is 3.85. The Morgan fingerprint density at radius 2 is 2.13 bits per heavy atom. The van der Waals surface area contributed by atoms with Crippen molar-refractivity contribution in [2.24, 2.45) is 0 Å². The fraction of sp³-hybridized carbons (Fsp3) is 0.364. The number of hydrogen-bond acceptors (Lipinski definition) is 5. The Kier molecular flexibility index (Phi) is 5.53. The van der Waals surface area contributed by atoms with Gasteiger partial charge in [-0.05, 0) is 19.9 Å². The monoisotopic (exact) mass is 430 g/mol. The summed E-state index contributed by atoms with van der Waals surface area (Å²) in [6.07, 6.45) is 2.17. The number of aliphatic hydroxyl groups is 1. The summed E-state index contributed by atoms with van der Waals surface area (Å²) < 4.78 is 35.5. The maximum absolute atomic E-state index is 14.6. The Hall–Kier alpha value is -3.20. The lowest BCUT2D eigenvalue weighted by molar-refractivity contribution is 0.0766. The topological polar surface area (TPSA) is 79.1 Å². The van der Waals surface area contributed by atoms with Crippen LogP contribution in [-0.2, 0) is 0 Å². The number of nitrogens with one attached hydrogen (secondary N) is 1. The molecule has 1 aromatic carbocycles. The number of hydrogen-bond donors (Lipinski definition) is 2. The second kappa shape index (κ2) is 8.14. The van der Waals surface area contributed by atoms with Gasteiger partial charge in [-0.15, -0.1) is 0 Å². The number of benzene rings is 1. The average molecular weight is 430 g/mol. The highest BCUT2D eigenvalue weighted by Crippen LogP contribution is 2.38. The van der Waals surface area contributed by atoms with Crippen LogP contribution in [0.5, 0.6) is 5.75 Å². The fourth-order valence-corrected chi connectivity index (χ4v) is 3.85. The normalized spacial score (nSPS) is 15.5. The maximum Gasteiger partial charge on any atom is 0.255 e. The predicted octanol–water partition coefficient (Wildman–Crippen LogP) is 3.23. The highest BCUT2D eigenvalue weighted by atomic mass is 19.1. The minimum Gasteiger partial charge on any atom is -0.493 e. The summed E-state index contributed by atoms with van der Waals surface area (Å²) in [6, 6.07) is 3.21. The number of pyridine rings is 1. The van der Waals surface area contributed by atoms with Gasteiger partial charge < -0.3 is 24.5 Å². The zero-order chi connectivity index (χ0) is 22.3. The number of likely N-dealkylation sites (N-methyl/N-ethyl adjacent to an activating group) is 1. The largest absolute Gasteiger partial charge is 0.493 e. The molecular formula is C22H24F2N4O3. The van der Waals surface area contributed by atoms with E-state index in [-0.39, 0.29) is 30.4 Å². The number of anilines is 1. The molecule has 0 saturated carbocycles. The molecule has 1 amide bonds. The van der Waals surface area contributed by atoms with Crippen LogP contribution in [0.3, 0.4) is 0 Å². The van der Waals surface area contributed by atoms with Crippen molar-refractivity contribution in [1.82, 2.24) is 14.3 Å². The Bertz CT molecular complexity index is 1160. The number of carbonyl (C=O) groups is 1. The Morgan fingerprint density at radius 1 is 1.35 bits per heavy atom. The van der Waals surface area contributed by atoms with E-state index in [1.54, 1.807) is 19.3 Å². The quantitative estimate of drug-likeness (QED) is 0.650. The molecule has 0 aliphatic carbocycles. The molecular weight excluding hydrogens is 406 g/mol. The number of aryl methyl sites for hydroxylation is 2. The molecule has 1 aliphatic rings. The number of imidazole rings is 1. The number of fused-ring (bicyclic) bond motifs is 2. The van der Waals surface area contributed by atoms with Gasteiger partial charge in [0.2, 0.25) is 0 Å². The van der Waals surface area contributed by atoms with Crippen molar-refractivity contribution >= 4 is 17.2 Å². The minimum absolute atomic E-state index is 0.145. The van der Waals surface area contributed by atoms with Crippen molar-refractivity contribution in [3.05, 3.63) is 58.5 Å². The van der Waals surface area contributed by atoms with Crippen LogP contribution in [-0.4, -0.2) is 52.1 Å². The standard InChI is InChI=1S/C22H24F2N4O3/c1-12-13(2)28-11-14(22(30)27(3)5-6-29)8-18(21(28)25-12)26-17-4-7-31-19-10-15(23)9-16(24)20(17)19/h8-11,17,26,29H,4-7H2,1-3H3. The minimum atomic E-state index is -0.696. The molecule has 1 unspecified atom stereocenters. The van der Waals surface area contributed by atoms with Gasteiger partial charge in [-0.3, -0.25) is 4.79 Å². The average Bonchev–Trinajstić information content (AvgIpc) is 3.01. The van der Waals surface area contributed by atoms with Crippen molar-refractivity contribution in [2.75, 3.05) is 32.1 Å². The van der Waals surface area contributed by atoms with Crippen molar-refractivity contribution in [2.45, 2.75) is 26.3 Å². The summed E-state index contributed by atoms with van der Waals surface area (Å²) in [6.45, 7) is 4.13. The van der Waals surface area contributed by atoms with E-state index < -0.39 is 17.7 Å². The summed E-state index contributed by atoms with van der Waals surface area (Å²) in [7, 11) is 1.61. The third-order valence-electron chi connectivity index (χ3n) is 5.62. The Morgan fingerprint density at radius 3 is 2.87 bits per heavy atom. The van der Waals surface area contributed by atoms with E-state index in [0.29, 0.717) is 29.9 Å². The summed E-state index contributed by atoms with van der Waals surface area (Å²) in [5, 5.41) is 12.5. The van der Waals surface area contributed by atoms with Crippen LogP contribution < -0.4 is 10.1 Å². The van der Waals surface area contributed by atoms with Gasteiger partial charge in [0, 0.05) is 44.0 Å². The summed E-state index contributed by atoms with van der Waals surface area (Å²) in [5.74, 6) is -1.47. The van der Waals surface area contributed by atoms with E-state index in [1.165, 1.54) is 11.0 Å². The predicted molar refractivity (Wildman–Crippen MR) is 112 cm³/mol. The molecule has 4 rings (SSSR count). The van der Waals surface area contributed by atoms with Crippen LogP contribution in [0.1, 0.15) is 39.8 Å². The van der Waals surface area contributed by atoms with Gasteiger partial charge in [-0.2, -0.15) is 0 Å². The lowest BCUT2D eigenvalue weighted by Gasteiger charge is -2.28. The third kappa shape index (κ3) is 3.81. The number of aliphatic hydroxyl groups excluding tert-OH is 1. The molecule has 2 aromatic heterocycles. The first kappa shape index (κ1) is 21.0. The van der Waals surface area contributed by atoms with Crippen LogP contribution in [0.25, 0.3) is 5.65 Å². The highest BCUT2D eigenvalue weighted by Gasteiger charge is 2.28. The van der Waals surface area contributed by atoms with E-state index in [1.807, 2.05) is 18.2 Å². The number of carbonyl (C=O) groups excluding carboxylic acids is 1. The molecule has 9 heteroatoms. The van der Waals surface area contributed by atoms with Crippen LogP contribution in [0.4, 0.5) is 14.5 Å². The van der Waals surface area contributed by atoms with Gasteiger partial charge in [-0.1, -0.05) is 0 Å². The van der Waals surface area contributed by atoms with Gasteiger partial charge >= 0.3 is 0 Å². The van der Waals surface area contributed by atoms with E-state index >= 15 is 0 Å². The molecule has 7 nitrogen and oxygen atoms in total. The molecule has 1 aliphatic heterocycles. The molecule has 3 aromatic rings. The second-order valence-electron chi connectivity index (χ2n) is 7.70. The van der Waals surface area contributed by atoms with Gasteiger partial charge in [0.1, 0.15) is 17.4 Å². The van der Waals surface area contributed by atoms with Gasteiger partial charge in [0.05, 0.1) is 41.8 Å². The first-order valence-corrected chi connectivity index (χ1v) is 10.0. The Balaban J connectivity index is 1.80. The third-order valence-corrected chi connectivity index (χ3v) is 5.62. The zero-order valence-electron chi connectivity index (χ0n) is 17.6. The number of ether oxygens (including phenoxy) is 1. The van der Waals surface area contributed by atoms with Crippen LogP contribution in [0.15, 0.2) is 24.4 Å². The lowest BCUT2D eigenvalue weighted by atomic mass is 9.99. The molecule has 0 radical (unpaired) electrons. The molecule has 0 bridgehead atoms. The zero-order valence-corrected chi connectivity index (χ0v) is 17.6. The van der Waals surface area contributed by atoms with E-state index in [2.05, 4.69) is 10.3 Å². The highest BCUT2D eigenvalue weighted by molar-refractivity contribution is 5.96. The van der Waals surface area contributed by atoms with Crippen LogP contribution in [0.2, 0.25) is 0 Å². The van der Waals surface area contributed by atoms with E-state index in [9.17, 15) is 13.6 Å². The first-order chi connectivity index (χ1) is 14.8. The summed E-state index contributed by atoms with van der Waals surface area (Å²) in [5.41, 5.74) is 3.49. The van der Waals surface area contributed by atoms with Gasteiger partial charge in [0.15, 0.2) is 5.65 Å². The van der Waals surface area contributed by atoms with Crippen LogP contribution in [0, 0.1) is 25.5 Å². The summed E-state index contributed by atoms with van der Waals surface area (Å²) >= 11 is 0. The maximum atomic E-state index is 14.6. The molecule has 2 N–H and O–H groups in total. The number of amides is 1. The van der Waals surface area contributed by atoms with Crippen molar-refractivity contribution in [3.8, 4) is 5.75 Å². The first-order valence-electron chi connectivity index (χ1n) is 10.0. The Labute approximate surface area is 178 Å². The van der Waals surface area contributed by atoms with E-state index in [0.717, 1.165) is 17.5 Å². The van der Waals surface area contributed by atoms with Crippen LogP contribution >= 0.6 is 0 Å². The van der Waals surface area contributed by atoms with Crippen molar-refractivity contribution in [3.63, 3.8) is 0 Å². The molecule has 1 atom stereocenters. The van der Waals surface area contributed by atoms with Gasteiger partial charge in [-0.25, -0.2) is 13.8 Å². The SMILES string of the molecule is Cc1nc2c(NC3CCOc4cc(F)cc(F)c43)cc(C(=O)N(C)CCO)cn2c1C. The molecule has 0 spiro atoms.